The Balaban J connectivity index is 0.00000280. The zero-order chi connectivity index (χ0) is 19.1. The summed E-state index contributed by atoms with van der Waals surface area (Å²) in [5, 5.41) is 3.37. The van der Waals surface area contributed by atoms with E-state index in [1.165, 1.54) is 0 Å². The lowest BCUT2D eigenvalue weighted by Gasteiger charge is -2.37. The van der Waals surface area contributed by atoms with Crippen molar-refractivity contribution < 1.29 is 4.79 Å². The number of hydrogen-bond donors (Lipinski definition) is 2. The molecule has 1 amide bonds. The fourth-order valence-electron chi connectivity index (χ4n) is 3.05. The molecule has 2 heterocycles. The first kappa shape index (κ1) is 21.9. The summed E-state index contributed by atoms with van der Waals surface area (Å²) in [5.41, 5.74) is 6.84. The zero-order valence-electron chi connectivity index (χ0n) is 16.0. The third-order valence-electron chi connectivity index (χ3n) is 4.54. The molecule has 1 aromatic heterocycles. The van der Waals surface area contributed by atoms with Crippen LogP contribution in [-0.2, 0) is 6.54 Å². The highest BCUT2D eigenvalue weighted by Gasteiger charge is 2.20. The van der Waals surface area contributed by atoms with Gasteiger partial charge >= 0.3 is 0 Å². The van der Waals surface area contributed by atoms with Crippen molar-refractivity contribution in [2.24, 2.45) is 10.7 Å². The maximum absolute atomic E-state index is 11.2. The second-order valence-corrected chi connectivity index (χ2v) is 6.39. The molecule has 2 aromatic rings. The molecule has 150 valence electrons. The Hall–Kier alpha value is -2.36. The Bertz CT molecular complexity index is 773. The number of nitrogens with two attached hydrogens (primary N) is 1. The number of rotatable bonds is 5. The lowest BCUT2D eigenvalue weighted by molar-refractivity contribution is 0.100. The van der Waals surface area contributed by atoms with Crippen LogP contribution in [0, 0.1) is 0 Å². The summed E-state index contributed by atoms with van der Waals surface area (Å²) in [5.74, 6) is 1.52. The van der Waals surface area contributed by atoms with Gasteiger partial charge in [-0.3, -0.25) is 4.79 Å². The molecular weight excluding hydrogens is 467 g/mol. The number of primary amides is 1. The molecule has 3 rings (SSSR count). The molecule has 0 atom stereocenters. The van der Waals surface area contributed by atoms with E-state index < -0.39 is 5.91 Å². The number of nitrogens with zero attached hydrogens (tertiary/aromatic N) is 4. The van der Waals surface area contributed by atoms with Gasteiger partial charge in [-0.25, -0.2) is 9.98 Å². The number of aromatic nitrogens is 1. The molecule has 1 saturated heterocycles. The molecule has 1 aliphatic rings. The summed E-state index contributed by atoms with van der Waals surface area (Å²) in [6.07, 6.45) is 1.83. The predicted molar refractivity (Wildman–Crippen MR) is 123 cm³/mol. The number of piperazine rings is 1. The third kappa shape index (κ3) is 5.82. The molecule has 0 spiro atoms. The van der Waals surface area contributed by atoms with Gasteiger partial charge in [0.2, 0.25) is 5.91 Å². The normalized spacial score (nSPS) is 14.4. The minimum Gasteiger partial charge on any atom is -0.366 e. The molecule has 1 aliphatic heterocycles. The maximum Gasteiger partial charge on any atom is 0.248 e. The van der Waals surface area contributed by atoms with E-state index in [2.05, 4.69) is 27.0 Å². The highest BCUT2D eigenvalue weighted by Crippen LogP contribution is 2.13. The first-order valence-electron chi connectivity index (χ1n) is 9.25. The highest BCUT2D eigenvalue weighted by atomic mass is 127. The van der Waals surface area contributed by atoms with Crippen LogP contribution in [0.15, 0.2) is 53.7 Å². The van der Waals surface area contributed by atoms with Crippen molar-refractivity contribution in [2.45, 2.75) is 13.5 Å². The smallest absolute Gasteiger partial charge is 0.248 e. The Morgan fingerprint density at radius 2 is 1.86 bits per heavy atom. The first-order valence-corrected chi connectivity index (χ1v) is 9.25. The molecule has 0 unspecified atom stereocenters. The minimum absolute atomic E-state index is 0. The predicted octanol–water partition coefficient (Wildman–Crippen LogP) is 2.09. The van der Waals surface area contributed by atoms with E-state index in [0.29, 0.717) is 12.1 Å². The van der Waals surface area contributed by atoms with Gasteiger partial charge in [0.15, 0.2) is 5.96 Å². The van der Waals surface area contributed by atoms with Gasteiger partial charge in [0, 0.05) is 44.5 Å². The molecular formula is C20H27IN6O. The van der Waals surface area contributed by atoms with E-state index in [1.54, 1.807) is 12.1 Å². The number of amides is 1. The van der Waals surface area contributed by atoms with Crippen molar-refractivity contribution in [3.8, 4) is 0 Å². The fourth-order valence-corrected chi connectivity index (χ4v) is 3.05. The van der Waals surface area contributed by atoms with Crippen molar-refractivity contribution in [1.29, 1.82) is 0 Å². The molecule has 0 saturated carbocycles. The number of hydrogen-bond acceptors (Lipinski definition) is 4. The van der Waals surface area contributed by atoms with E-state index in [0.717, 1.165) is 50.1 Å². The van der Waals surface area contributed by atoms with Crippen LogP contribution in [0.25, 0.3) is 0 Å². The topological polar surface area (TPSA) is 86.8 Å². The standard InChI is InChI=1S/C20H26N6O.HI/c1-2-22-20(24-15-16-6-8-17(9-7-16)19(21)27)26-13-11-25(12-14-26)18-5-3-4-10-23-18;/h3-10H,2,11-15H2,1H3,(H2,21,27)(H,22,24);1H. The van der Waals surface area contributed by atoms with Crippen molar-refractivity contribution in [3.63, 3.8) is 0 Å². The van der Waals surface area contributed by atoms with Crippen molar-refractivity contribution in [3.05, 3.63) is 59.8 Å². The van der Waals surface area contributed by atoms with Crippen molar-refractivity contribution in [1.82, 2.24) is 15.2 Å². The summed E-state index contributed by atoms with van der Waals surface area (Å²) in [6.45, 7) is 7.05. The van der Waals surface area contributed by atoms with Crippen LogP contribution in [0.5, 0.6) is 0 Å². The number of anilines is 1. The highest BCUT2D eigenvalue weighted by molar-refractivity contribution is 14.0. The van der Waals surface area contributed by atoms with Gasteiger partial charge in [0.25, 0.3) is 0 Å². The monoisotopic (exact) mass is 494 g/mol. The molecule has 7 nitrogen and oxygen atoms in total. The number of guanidine groups is 1. The van der Waals surface area contributed by atoms with Crippen LogP contribution in [0.3, 0.4) is 0 Å². The molecule has 0 radical (unpaired) electrons. The number of carbonyl (C=O) groups excluding carboxylic acids is 1. The summed E-state index contributed by atoms with van der Waals surface area (Å²) >= 11 is 0. The van der Waals surface area contributed by atoms with Crippen molar-refractivity contribution >= 4 is 41.7 Å². The summed E-state index contributed by atoms with van der Waals surface area (Å²) in [6, 6.07) is 13.3. The molecule has 1 fully saturated rings. The quantitative estimate of drug-likeness (QED) is 0.378. The van der Waals surface area contributed by atoms with Gasteiger partial charge in [-0.15, -0.1) is 24.0 Å². The summed E-state index contributed by atoms with van der Waals surface area (Å²) in [7, 11) is 0. The lowest BCUT2D eigenvalue weighted by Crippen LogP contribution is -2.52. The van der Waals surface area contributed by atoms with Crippen LogP contribution >= 0.6 is 24.0 Å². The van der Waals surface area contributed by atoms with E-state index >= 15 is 0 Å². The lowest BCUT2D eigenvalue weighted by atomic mass is 10.1. The Morgan fingerprint density at radius 1 is 1.14 bits per heavy atom. The van der Waals surface area contributed by atoms with Gasteiger partial charge in [-0.1, -0.05) is 18.2 Å². The van der Waals surface area contributed by atoms with Crippen LogP contribution in [-0.4, -0.2) is 54.5 Å². The second kappa shape index (κ2) is 10.8. The van der Waals surface area contributed by atoms with Gasteiger partial charge in [0.1, 0.15) is 5.82 Å². The fraction of sp³-hybridized carbons (Fsp3) is 0.350. The van der Waals surface area contributed by atoms with Crippen LogP contribution in [0.2, 0.25) is 0 Å². The van der Waals surface area contributed by atoms with Crippen LogP contribution < -0.4 is 16.0 Å². The SMILES string of the molecule is CCNC(=NCc1ccc(C(N)=O)cc1)N1CCN(c2ccccn2)CC1.I. The maximum atomic E-state index is 11.2. The molecule has 0 bridgehead atoms. The third-order valence-corrected chi connectivity index (χ3v) is 4.54. The largest absolute Gasteiger partial charge is 0.366 e. The number of halogens is 1. The number of aliphatic imine (C=N–C) groups is 1. The van der Waals surface area contributed by atoms with Gasteiger partial charge in [-0.2, -0.15) is 0 Å². The minimum atomic E-state index is -0.413. The molecule has 3 N–H and O–H groups in total. The van der Waals surface area contributed by atoms with E-state index in [4.69, 9.17) is 10.7 Å². The Morgan fingerprint density at radius 3 is 2.43 bits per heavy atom. The average molecular weight is 494 g/mol. The van der Waals surface area contributed by atoms with Crippen LogP contribution in [0.1, 0.15) is 22.8 Å². The van der Waals surface area contributed by atoms with E-state index in [1.807, 2.05) is 36.5 Å². The number of carbonyl (C=O) groups is 1. The molecule has 28 heavy (non-hydrogen) atoms. The Labute approximate surface area is 183 Å². The van der Waals surface area contributed by atoms with E-state index in [-0.39, 0.29) is 24.0 Å². The number of nitrogens with one attached hydrogen (secondary N) is 1. The Kier molecular flexibility index (Phi) is 8.49. The van der Waals surface area contributed by atoms with Crippen molar-refractivity contribution in [2.75, 3.05) is 37.6 Å². The molecule has 0 aliphatic carbocycles. The number of pyridine rings is 1. The van der Waals surface area contributed by atoms with Gasteiger partial charge in [0.05, 0.1) is 6.54 Å². The van der Waals surface area contributed by atoms with E-state index in [9.17, 15) is 4.79 Å². The molecule has 8 heteroatoms. The summed E-state index contributed by atoms with van der Waals surface area (Å²) < 4.78 is 0. The molecule has 1 aromatic carbocycles. The first-order chi connectivity index (χ1) is 13.2. The van der Waals surface area contributed by atoms with Crippen LogP contribution in [0.4, 0.5) is 5.82 Å². The summed E-state index contributed by atoms with van der Waals surface area (Å²) in [4.78, 5) is 24.9. The zero-order valence-corrected chi connectivity index (χ0v) is 18.4. The van der Waals surface area contributed by atoms with Gasteiger partial charge < -0.3 is 20.9 Å². The second-order valence-electron chi connectivity index (χ2n) is 6.39. The number of benzene rings is 1. The van der Waals surface area contributed by atoms with Gasteiger partial charge in [-0.05, 0) is 36.8 Å². The average Bonchev–Trinajstić information content (AvgIpc) is 2.72.